The second-order valence-corrected chi connectivity index (χ2v) is 6.81. The zero-order valence-corrected chi connectivity index (χ0v) is 14.1. The molecule has 3 rings (SSSR count). The number of benzene rings is 1. The van der Waals surface area contributed by atoms with E-state index < -0.39 is 0 Å². The van der Waals surface area contributed by atoms with E-state index in [1.165, 1.54) is 12.1 Å². The van der Waals surface area contributed by atoms with Crippen molar-refractivity contribution in [2.45, 2.75) is 19.8 Å². The Morgan fingerprint density at radius 2 is 1.87 bits per heavy atom. The number of aryl methyl sites for hydroxylation is 1. The minimum absolute atomic E-state index is 0.238. The quantitative estimate of drug-likeness (QED) is 0.930. The molecule has 122 valence electrons. The normalized spacial score (nSPS) is 15.0. The van der Waals surface area contributed by atoms with Crippen LogP contribution in [0.5, 0.6) is 0 Å². The first-order valence-corrected chi connectivity index (χ1v) is 9.09. The van der Waals surface area contributed by atoms with Crippen LogP contribution in [0.4, 0.5) is 16.2 Å². The van der Waals surface area contributed by atoms with Gasteiger partial charge in [0.25, 0.3) is 0 Å². The summed E-state index contributed by atoms with van der Waals surface area (Å²) in [5, 5.41) is 0. The van der Waals surface area contributed by atoms with Crippen LogP contribution >= 0.6 is 11.8 Å². The Hall–Kier alpha value is -1.82. The van der Waals surface area contributed by atoms with Gasteiger partial charge >= 0.3 is 0 Å². The van der Waals surface area contributed by atoms with Gasteiger partial charge in [-0.15, -0.1) is 0 Å². The number of nitrogens with zero attached hydrogens (tertiary/aromatic N) is 3. The third kappa shape index (κ3) is 3.58. The van der Waals surface area contributed by atoms with Crippen molar-refractivity contribution in [3.63, 3.8) is 0 Å². The van der Waals surface area contributed by atoms with Crippen LogP contribution in [-0.4, -0.2) is 34.6 Å². The molecule has 0 spiro atoms. The van der Waals surface area contributed by atoms with Gasteiger partial charge < -0.3 is 10.6 Å². The largest absolute Gasteiger partial charge is 0.368 e. The van der Waals surface area contributed by atoms with Crippen LogP contribution in [0.2, 0.25) is 0 Å². The standard InChI is InChI=1S/C17H21FN4S/c1-2-3-14-15(12-4-6-13(18)7-5-12)16(21-17(19)20-14)22-8-10-23-11-9-22/h4-7H,2-3,8-11H2,1H3,(H2,19,20,21). The van der Waals surface area contributed by atoms with Crippen LogP contribution in [0.25, 0.3) is 11.1 Å². The van der Waals surface area contributed by atoms with Crippen molar-refractivity contribution in [1.29, 1.82) is 0 Å². The van der Waals surface area contributed by atoms with Crippen LogP contribution in [-0.2, 0) is 6.42 Å². The fourth-order valence-corrected chi connectivity index (χ4v) is 3.75. The van der Waals surface area contributed by atoms with Gasteiger partial charge in [-0.05, 0) is 24.1 Å². The molecule has 0 unspecified atom stereocenters. The molecule has 23 heavy (non-hydrogen) atoms. The highest BCUT2D eigenvalue weighted by molar-refractivity contribution is 7.99. The van der Waals surface area contributed by atoms with E-state index in [1.807, 2.05) is 11.8 Å². The minimum Gasteiger partial charge on any atom is -0.368 e. The molecule has 0 atom stereocenters. The van der Waals surface area contributed by atoms with Crippen molar-refractivity contribution in [2.75, 3.05) is 35.2 Å². The Bertz CT molecular complexity index is 669. The number of hydrogen-bond donors (Lipinski definition) is 1. The van der Waals surface area contributed by atoms with Gasteiger partial charge in [0.1, 0.15) is 11.6 Å². The molecule has 0 saturated carbocycles. The Morgan fingerprint density at radius 1 is 1.17 bits per heavy atom. The summed E-state index contributed by atoms with van der Waals surface area (Å²) in [5.74, 6) is 3.12. The predicted molar refractivity (Wildman–Crippen MR) is 95.4 cm³/mol. The minimum atomic E-state index is -0.238. The summed E-state index contributed by atoms with van der Waals surface area (Å²) in [7, 11) is 0. The zero-order valence-electron chi connectivity index (χ0n) is 13.3. The average molecular weight is 332 g/mol. The van der Waals surface area contributed by atoms with E-state index >= 15 is 0 Å². The van der Waals surface area contributed by atoms with Crippen LogP contribution in [0.3, 0.4) is 0 Å². The average Bonchev–Trinajstić information content (AvgIpc) is 2.57. The van der Waals surface area contributed by atoms with Gasteiger partial charge in [0.2, 0.25) is 5.95 Å². The maximum atomic E-state index is 13.3. The lowest BCUT2D eigenvalue weighted by Crippen LogP contribution is -2.34. The number of aromatic nitrogens is 2. The van der Waals surface area contributed by atoms with Crippen molar-refractivity contribution in [3.8, 4) is 11.1 Å². The van der Waals surface area contributed by atoms with Gasteiger partial charge in [-0.3, -0.25) is 0 Å². The van der Waals surface area contributed by atoms with Gasteiger partial charge in [-0.1, -0.05) is 25.5 Å². The highest BCUT2D eigenvalue weighted by Gasteiger charge is 2.21. The molecule has 0 amide bonds. The van der Waals surface area contributed by atoms with E-state index in [1.54, 1.807) is 12.1 Å². The maximum Gasteiger partial charge on any atom is 0.222 e. The molecule has 0 bridgehead atoms. The van der Waals surface area contributed by atoms with Crippen molar-refractivity contribution in [3.05, 3.63) is 35.8 Å². The molecule has 1 saturated heterocycles. The van der Waals surface area contributed by atoms with Gasteiger partial charge in [0, 0.05) is 30.2 Å². The Kier molecular flexibility index (Phi) is 5.00. The summed E-state index contributed by atoms with van der Waals surface area (Å²) in [5.41, 5.74) is 8.84. The summed E-state index contributed by atoms with van der Waals surface area (Å²) in [6.07, 6.45) is 1.80. The molecule has 1 fully saturated rings. The topological polar surface area (TPSA) is 55.0 Å². The SMILES string of the molecule is CCCc1nc(N)nc(N2CCSCC2)c1-c1ccc(F)cc1. The van der Waals surface area contributed by atoms with Crippen LogP contribution in [0, 0.1) is 5.82 Å². The van der Waals surface area contributed by atoms with Crippen molar-refractivity contribution < 1.29 is 4.39 Å². The Balaban J connectivity index is 2.13. The third-order valence-corrected chi connectivity index (χ3v) is 4.85. The molecule has 0 aliphatic carbocycles. The summed E-state index contributed by atoms with van der Waals surface area (Å²) in [6.45, 7) is 4.01. The Labute approximate surface area is 140 Å². The number of halogens is 1. The van der Waals surface area contributed by atoms with E-state index in [0.717, 1.165) is 60.1 Å². The number of nitrogens with two attached hydrogens (primary N) is 1. The van der Waals surface area contributed by atoms with Gasteiger partial charge in [0.15, 0.2) is 0 Å². The molecule has 1 aromatic heterocycles. The monoisotopic (exact) mass is 332 g/mol. The molecule has 1 aromatic carbocycles. The predicted octanol–water partition coefficient (Wildman–Crippen LogP) is 3.37. The number of rotatable bonds is 4. The van der Waals surface area contributed by atoms with Crippen LogP contribution in [0.15, 0.2) is 24.3 Å². The highest BCUT2D eigenvalue weighted by atomic mass is 32.2. The van der Waals surface area contributed by atoms with Crippen molar-refractivity contribution in [2.24, 2.45) is 0 Å². The fraction of sp³-hybridized carbons (Fsp3) is 0.412. The molecule has 1 aliphatic heterocycles. The lowest BCUT2D eigenvalue weighted by atomic mass is 10.0. The summed E-state index contributed by atoms with van der Waals surface area (Å²) in [4.78, 5) is 11.3. The Morgan fingerprint density at radius 3 is 2.52 bits per heavy atom. The second-order valence-electron chi connectivity index (χ2n) is 5.58. The molecule has 4 nitrogen and oxygen atoms in total. The molecule has 0 radical (unpaired) electrons. The van der Waals surface area contributed by atoms with Gasteiger partial charge in [0.05, 0.1) is 5.69 Å². The van der Waals surface area contributed by atoms with Crippen molar-refractivity contribution >= 4 is 23.5 Å². The van der Waals surface area contributed by atoms with E-state index in [9.17, 15) is 4.39 Å². The number of anilines is 2. The summed E-state index contributed by atoms with van der Waals surface area (Å²) in [6, 6.07) is 6.56. The summed E-state index contributed by atoms with van der Waals surface area (Å²) < 4.78 is 13.3. The van der Waals surface area contributed by atoms with Crippen LogP contribution < -0.4 is 10.6 Å². The fourth-order valence-electron chi connectivity index (χ4n) is 2.85. The van der Waals surface area contributed by atoms with Gasteiger partial charge in [-0.2, -0.15) is 16.7 Å². The first-order chi connectivity index (χ1) is 11.2. The van der Waals surface area contributed by atoms with Gasteiger partial charge in [-0.25, -0.2) is 9.37 Å². The maximum absolute atomic E-state index is 13.3. The van der Waals surface area contributed by atoms with E-state index in [0.29, 0.717) is 5.95 Å². The van der Waals surface area contributed by atoms with E-state index in [2.05, 4.69) is 21.8 Å². The van der Waals surface area contributed by atoms with E-state index in [4.69, 9.17) is 5.73 Å². The van der Waals surface area contributed by atoms with Crippen LogP contribution in [0.1, 0.15) is 19.0 Å². The molecule has 2 N–H and O–H groups in total. The second kappa shape index (κ2) is 7.17. The summed E-state index contributed by atoms with van der Waals surface area (Å²) >= 11 is 1.95. The molecule has 1 aliphatic rings. The first kappa shape index (κ1) is 16.1. The number of nitrogen functional groups attached to an aromatic ring is 1. The number of hydrogen-bond acceptors (Lipinski definition) is 5. The molecular weight excluding hydrogens is 311 g/mol. The highest BCUT2D eigenvalue weighted by Crippen LogP contribution is 2.34. The van der Waals surface area contributed by atoms with E-state index in [-0.39, 0.29) is 5.82 Å². The first-order valence-electron chi connectivity index (χ1n) is 7.94. The lowest BCUT2D eigenvalue weighted by molar-refractivity contribution is 0.628. The lowest BCUT2D eigenvalue weighted by Gasteiger charge is -2.30. The zero-order chi connectivity index (χ0) is 16.2. The molecule has 6 heteroatoms. The molecular formula is C17H21FN4S. The smallest absolute Gasteiger partial charge is 0.222 e. The number of thioether (sulfide) groups is 1. The van der Waals surface area contributed by atoms with Crippen molar-refractivity contribution in [1.82, 2.24) is 9.97 Å². The third-order valence-electron chi connectivity index (χ3n) is 3.91. The molecule has 2 aromatic rings. The molecule has 2 heterocycles.